The van der Waals surface area contributed by atoms with Crippen LogP contribution in [0.3, 0.4) is 0 Å². The van der Waals surface area contributed by atoms with E-state index in [1.807, 2.05) is 24.8 Å². The quantitative estimate of drug-likeness (QED) is 0.145. The Morgan fingerprint density at radius 2 is 0.721 bits per heavy atom. The number of imidazole rings is 1. The van der Waals surface area contributed by atoms with Gasteiger partial charge in [-0.15, -0.1) is 0 Å². The first kappa shape index (κ1) is 44.7. The zero-order valence-corrected chi connectivity index (χ0v) is 40.6. The molecule has 68 heavy (non-hydrogen) atoms. The Hall–Kier alpha value is -7.17. The maximum atomic E-state index is 4.79. The van der Waals surface area contributed by atoms with Crippen molar-refractivity contribution in [3.05, 3.63) is 222 Å². The molecule has 4 nitrogen and oxygen atoms in total. The van der Waals surface area contributed by atoms with Crippen molar-refractivity contribution in [1.29, 1.82) is 0 Å². The van der Waals surface area contributed by atoms with E-state index in [9.17, 15) is 0 Å². The fourth-order valence-corrected chi connectivity index (χ4v) is 10.6. The summed E-state index contributed by atoms with van der Waals surface area (Å²) in [7, 11) is 2.05. The van der Waals surface area contributed by atoms with Gasteiger partial charge >= 0.3 is 0 Å². The molecule has 0 bridgehead atoms. The number of hydrogen-bond acceptors (Lipinski definition) is 3. The average molecular weight is 887 g/mol. The molecule has 0 saturated heterocycles. The molecule has 2 atom stereocenters. The van der Waals surface area contributed by atoms with Crippen LogP contribution < -0.4 is 0 Å². The third kappa shape index (κ3) is 9.25. The second kappa shape index (κ2) is 18.5. The first-order valence-corrected chi connectivity index (χ1v) is 24.4. The predicted octanol–water partition coefficient (Wildman–Crippen LogP) is 16.6. The molecule has 0 amide bonds. The normalized spacial score (nSPS) is 16.4. The van der Waals surface area contributed by atoms with E-state index in [1.165, 1.54) is 61.2 Å². The number of rotatable bonds is 9. The van der Waals surface area contributed by atoms with Gasteiger partial charge in [0.15, 0.2) is 0 Å². The Bertz CT molecular complexity index is 3030. The van der Waals surface area contributed by atoms with Crippen LogP contribution in [0.25, 0.3) is 67.3 Å². The number of nitrogens with zero attached hydrogens (tertiary/aromatic N) is 4. The molecule has 0 N–H and O–H groups in total. The molecule has 9 aromatic rings. The molecule has 2 unspecified atom stereocenters. The van der Waals surface area contributed by atoms with E-state index in [0.29, 0.717) is 17.8 Å². The Morgan fingerprint density at radius 3 is 1.06 bits per heavy atom. The van der Waals surface area contributed by atoms with Crippen molar-refractivity contribution < 1.29 is 0 Å². The minimum Gasteiger partial charge on any atom is -0.334 e. The molecule has 1 fully saturated rings. The van der Waals surface area contributed by atoms with Gasteiger partial charge in [-0.2, -0.15) is 0 Å². The number of aryl methyl sites for hydroxylation is 1. The summed E-state index contributed by atoms with van der Waals surface area (Å²) in [6.45, 7) is 13.5. The first-order chi connectivity index (χ1) is 32.9. The zero-order valence-electron chi connectivity index (χ0n) is 40.6. The molecular formula is C64H62N4. The van der Waals surface area contributed by atoms with E-state index >= 15 is 0 Å². The highest BCUT2D eigenvalue weighted by atomic mass is 15.0. The molecule has 1 aliphatic carbocycles. The molecule has 0 radical (unpaired) electrons. The molecule has 10 rings (SSSR count). The van der Waals surface area contributed by atoms with Crippen molar-refractivity contribution in [3.63, 3.8) is 0 Å². The summed E-state index contributed by atoms with van der Waals surface area (Å²) in [4.78, 5) is 14.2. The van der Waals surface area contributed by atoms with Crippen LogP contribution in [0.5, 0.6) is 0 Å². The van der Waals surface area contributed by atoms with Crippen LogP contribution in [0.4, 0.5) is 0 Å². The van der Waals surface area contributed by atoms with Crippen molar-refractivity contribution >= 4 is 0 Å². The average Bonchev–Trinajstić information content (AvgIpc) is 3.81. The van der Waals surface area contributed by atoms with Crippen LogP contribution in [-0.2, 0) is 17.9 Å². The summed E-state index contributed by atoms with van der Waals surface area (Å²) in [5.41, 5.74) is 20.0. The van der Waals surface area contributed by atoms with Gasteiger partial charge < -0.3 is 4.57 Å². The van der Waals surface area contributed by atoms with Gasteiger partial charge in [-0.3, -0.25) is 9.97 Å². The van der Waals surface area contributed by atoms with E-state index in [2.05, 4.69) is 228 Å². The molecule has 1 aliphatic rings. The van der Waals surface area contributed by atoms with Crippen LogP contribution in [0.1, 0.15) is 106 Å². The van der Waals surface area contributed by atoms with Crippen LogP contribution in [0.2, 0.25) is 0 Å². The van der Waals surface area contributed by atoms with Gasteiger partial charge in [0.1, 0.15) is 5.82 Å². The second-order valence-electron chi connectivity index (χ2n) is 21.0. The van der Waals surface area contributed by atoms with E-state index < -0.39 is 0 Å². The minimum absolute atomic E-state index is 0.0549. The monoisotopic (exact) mass is 886 g/mol. The highest BCUT2D eigenvalue weighted by Gasteiger charge is 2.35. The maximum Gasteiger partial charge on any atom is 0.139 e. The van der Waals surface area contributed by atoms with E-state index in [-0.39, 0.29) is 10.8 Å². The topological polar surface area (TPSA) is 43.6 Å². The van der Waals surface area contributed by atoms with Crippen molar-refractivity contribution in [2.75, 3.05) is 0 Å². The molecule has 338 valence electrons. The number of benzene rings is 6. The summed E-state index contributed by atoms with van der Waals surface area (Å²) in [6.07, 6.45) is 11.0. The van der Waals surface area contributed by atoms with Gasteiger partial charge in [-0.25, -0.2) is 4.98 Å². The third-order valence-corrected chi connectivity index (χ3v) is 14.4. The molecular weight excluding hydrogens is 825 g/mol. The summed E-state index contributed by atoms with van der Waals surface area (Å²) in [5, 5.41) is 0. The van der Waals surface area contributed by atoms with Crippen LogP contribution >= 0.6 is 0 Å². The lowest BCUT2D eigenvalue weighted by atomic mass is 9.66. The van der Waals surface area contributed by atoms with Crippen molar-refractivity contribution in [3.8, 4) is 67.3 Å². The third-order valence-electron chi connectivity index (χ3n) is 14.4. The van der Waals surface area contributed by atoms with Gasteiger partial charge in [0, 0.05) is 48.5 Å². The lowest BCUT2D eigenvalue weighted by molar-refractivity contribution is 0.353. The van der Waals surface area contributed by atoms with Gasteiger partial charge in [-0.1, -0.05) is 187 Å². The molecule has 0 aliphatic heterocycles. The molecule has 4 heteroatoms. The fourth-order valence-electron chi connectivity index (χ4n) is 10.6. The first-order valence-electron chi connectivity index (χ1n) is 24.4. The molecule has 0 spiro atoms. The highest BCUT2D eigenvalue weighted by Crippen LogP contribution is 2.52. The lowest BCUT2D eigenvalue weighted by Gasteiger charge is -2.38. The Morgan fingerprint density at radius 1 is 0.382 bits per heavy atom. The Labute approximate surface area is 403 Å². The molecule has 6 aromatic carbocycles. The van der Waals surface area contributed by atoms with Crippen LogP contribution in [0, 0.1) is 0 Å². The van der Waals surface area contributed by atoms with Crippen LogP contribution in [-0.4, -0.2) is 19.5 Å². The molecule has 3 heterocycles. The van der Waals surface area contributed by atoms with E-state index in [0.717, 1.165) is 53.2 Å². The van der Waals surface area contributed by atoms with E-state index in [1.54, 1.807) is 0 Å². The second-order valence-corrected chi connectivity index (χ2v) is 21.0. The molecule has 3 aromatic heterocycles. The van der Waals surface area contributed by atoms with Crippen molar-refractivity contribution in [2.45, 2.75) is 89.4 Å². The van der Waals surface area contributed by atoms with Gasteiger partial charge in [-0.05, 0) is 133 Å². The lowest BCUT2D eigenvalue weighted by Crippen LogP contribution is -2.21. The maximum absolute atomic E-state index is 4.79. The summed E-state index contributed by atoms with van der Waals surface area (Å²) < 4.78 is 2.08. The fraction of sp³-hybridized carbons (Fsp3) is 0.234. The smallest absolute Gasteiger partial charge is 0.139 e. The van der Waals surface area contributed by atoms with Crippen LogP contribution in [0.15, 0.2) is 195 Å². The molecule has 1 saturated carbocycles. The standard InChI is InChI=1S/C64H62N4/c1-63(2,3)52-32-34-65-60(41-52)46-26-20-43(21-27-46)54-14-8-11-17-57(54)49-38-50(40-51(39-49)59-19-13-10-16-56(59)45-24-30-48(31-25-45)62-67-36-37-68(62)7)58-18-12-9-15-55(58)44-22-28-47(29-23-44)61-42-53(33-35-66-61)64(4,5)6/h8-37,41-42,49-51H,38-40H2,1-7H3. The number of aromatic nitrogens is 4. The summed E-state index contributed by atoms with van der Waals surface area (Å²) >= 11 is 0. The number of pyridine rings is 2. The SMILES string of the molecule is Cn1ccnc1-c1ccc(-c2ccccc2C2CC(c3ccccc3-c3ccc(-c4cc(C(C)(C)C)ccn4)cc3)CC(c3ccccc3-c3ccc(-c4cc(C(C)(C)C)ccn4)cc3)C2)cc1. The van der Waals surface area contributed by atoms with Gasteiger partial charge in [0.05, 0.1) is 11.4 Å². The highest BCUT2D eigenvalue weighted by molar-refractivity contribution is 5.75. The van der Waals surface area contributed by atoms with E-state index in [4.69, 9.17) is 9.97 Å². The van der Waals surface area contributed by atoms with Gasteiger partial charge in [0.2, 0.25) is 0 Å². The number of hydrogen-bond donors (Lipinski definition) is 0. The van der Waals surface area contributed by atoms with Crippen molar-refractivity contribution in [1.82, 2.24) is 19.5 Å². The summed E-state index contributed by atoms with van der Waals surface area (Å²) in [6, 6.07) is 63.5. The Kier molecular flexibility index (Phi) is 12.1. The summed E-state index contributed by atoms with van der Waals surface area (Å²) in [5.74, 6) is 1.96. The van der Waals surface area contributed by atoms with Crippen molar-refractivity contribution in [2.24, 2.45) is 7.05 Å². The van der Waals surface area contributed by atoms with Gasteiger partial charge in [0.25, 0.3) is 0 Å². The Balaban J connectivity index is 1.03. The zero-order chi connectivity index (χ0) is 47.0. The minimum atomic E-state index is 0.0549. The predicted molar refractivity (Wildman–Crippen MR) is 284 cm³/mol. The largest absolute Gasteiger partial charge is 0.334 e.